The summed E-state index contributed by atoms with van der Waals surface area (Å²) in [4.78, 5) is 8.89. The minimum atomic E-state index is -1.33. The van der Waals surface area contributed by atoms with Crippen LogP contribution in [-0.2, 0) is 16.0 Å². The van der Waals surface area contributed by atoms with Gasteiger partial charge in [-0.25, -0.2) is 0 Å². The predicted molar refractivity (Wildman–Crippen MR) is 49.9 cm³/mol. The SMILES string of the molecule is CC(=O)[O-].O.O.O.O.O.O.[Cl][Fe]([Cl])[Cl].[Na+]. The van der Waals surface area contributed by atoms with Crippen molar-refractivity contribution in [1.29, 1.82) is 0 Å². The second-order valence-corrected chi connectivity index (χ2v) is 6.11. The molecule has 0 fully saturated rings. The molecule has 0 aliphatic carbocycles. The first-order valence-corrected chi connectivity index (χ1v) is 5.87. The Morgan fingerprint density at radius 2 is 0.933 bits per heavy atom. The Kier molecular flexibility index (Phi) is 268. The third kappa shape index (κ3) is 1100. The first kappa shape index (κ1) is 69.8. The Hall–Kier alpha value is 1.62. The topological polar surface area (TPSA) is 229 Å². The quantitative estimate of drug-likeness (QED) is 0.387. The maximum atomic E-state index is 8.89. The molecule has 0 aromatic carbocycles. The van der Waals surface area contributed by atoms with E-state index >= 15 is 0 Å². The Labute approximate surface area is 126 Å². The van der Waals surface area contributed by atoms with E-state index in [1.54, 1.807) is 0 Å². The van der Waals surface area contributed by atoms with Crippen LogP contribution >= 0.6 is 30.3 Å². The van der Waals surface area contributed by atoms with E-state index in [1.165, 1.54) is 0 Å². The van der Waals surface area contributed by atoms with Gasteiger partial charge in [0.25, 0.3) is 0 Å². The summed E-state index contributed by atoms with van der Waals surface area (Å²) in [6, 6.07) is 0. The van der Waals surface area contributed by atoms with Crippen LogP contribution in [0.15, 0.2) is 0 Å². The second-order valence-electron chi connectivity index (χ2n) is 0.643. The number of carboxylic acids is 1. The minimum absolute atomic E-state index is 0. The van der Waals surface area contributed by atoms with Crippen LogP contribution in [0.1, 0.15) is 6.92 Å². The number of carbonyl (C=O) groups excluding carboxylic acids is 1. The van der Waals surface area contributed by atoms with E-state index in [1.807, 2.05) is 0 Å². The normalized spacial score (nSPS) is 4.67. The summed E-state index contributed by atoms with van der Waals surface area (Å²) >= 11 is -1.33. The Bertz CT molecular complexity index is 72.2. The van der Waals surface area contributed by atoms with Gasteiger partial charge in [-0.15, -0.1) is 0 Å². The average molecular weight is 352 g/mol. The van der Waals surface area contributed by atoms with Crippen LogP contribution in [0.25, 0.3) is 0 Å². The fourth-order valence-corrected chi connectivity index (χ4v) is 0. The maximum absolute atomic E-state index is 8.89. The van der Waals surface area contributed by atoms with Crippen molar-refractivity contribution in [3.8, 4) is 0 Å². The molecule has 0 atom stereocenters. The standard InChI is InChI=1S/C2H4O2.3ClH.Fe.Na.6H2O/c1-2(3)4;;;;;;;;;;;/h1H3,(H,3,4);3*1H;;;6*1H2/q;;;;+3;+1;;;;;;/p-4. The van der Waals surface area contributed by atoms with E-state index in [0.717, 1.165) is 6.92 Å². The van der Waals surface area contributed by atoms with Gasteiger partial charge in [0.05, 0.1) is 0 Å². The number of carbonyl (C=O) groups is 1. The van der Waals surface area contributed by atoms with Crippen molar-refractivity contribution in [3.05, 3.63) is 0 Å². The zero-order valence-electron chi connectivity index (χ0n) is 7.80. The van der Waals surface area contributed by atoms with Crippen LogP contribution in [0.3, 0.4) is 0 Å². The number of carboxylic acid groups (broad SMARTS) is 1. The van der Waals surface area contributed by atoms with Gasteiger partial charge in [0.15, 0.2) is 0 Å². The van der Waals surface area contributed by atoms with Gasteiger partial charge in [-0.1, -0.05) is 0 Å². The van der Waals surface area contributed by atoms with Crippen LogP contribution in [-0.4, -0.2) is 38.8 Å². The molecule has 0 aromatic rings. The molecule has 0 aliphatic rings. The Morgan fingerprint density at radius 3 is 0.933 bits per heavy atom. The number of halogens is 3. The Balaban J connectivity index is -0.00000000468. The van der Waals surface area contributed by atoms with Gasteiger partial charge < -0.3 is 42.8 Å². The minimum Gasteiger partial charge on any atom is 1.00 e. The molecule has 12 N–H and O–H groups in total. The zero-order valence-corrected chi connectivity index (χ0v) is 13.2. The molecule has 0 aromatic heterocycles. The average Bonchev–Trinajstić information content (AvgIpc) is 1.25. The van der Waals surface area contributed by atoms with E-state index in [9.17, 15) is 0 Å². The molecule has 15 heavy (non-hydrogen) atoms. The molecule has 0 unspecified atom stereocenters. The van der Waals surface area contributed by atoms with Crippen LogP contribution in [0.2, 0.25) is 0 Å². The van der Waals surface area contributed by atoms with Crippen molar-refractivity contribution in [3.63, 3.8) is 0 Å². The Morgan fingerprint density at radius 1 is 0.933 bits per heavy atom. The van der Waals surface area contributed by atoms with Gasteiger partial charge in [-0.2, -0.15) is 0 Å². The molecule has 0 saturated heterocycles. The predicted octanol–water partition coefficient (Wildman–Crippen LogP) is -7.12. The smallest absolute Gasteiger partial charge is 1.00 e. The fraction of sp³-hybridized carbons (Fsp3) is 0.500. The van der Waals surface area contributed by atoms with Crippen LogP contribution in [0.4, 0.5) is 0 Å². The molecule has 8 nitrogen and oxygen atoms in total. The third-order valence-corrected chi connectivity index (χ3v) is 0. The molecule has 0 rings (SSSR count). The van der Waals surface area contributed by atoms with E-state index < -0.39 is 17.1 Å². The fourth-order valence-electron chi connectivity index (χ4n) is 0. The van der Waals surface area contributed by atoms with Crippen molar-refractivity contribution in [2.75, 3.05) is 0 Å². The van der Waals surface area contributed by atoms with E-state index in [0.29, 0.717) is 0 Å². The zero-order chi connectivity index (χ0) is 7.15. The summed E-state index contributed by atoms with van der Waals surface area (Å²) in [6.07, 6.45) is 0. The largest absolute Gasteiger partial charge is 1.00 e. The van der Waals surface area contributed by atoms with Gasteiger partial charge >= 0.3 is 71.0 Å². The van der Waals surface area contributed by atoms with Gasteiger partial charge in [0.2, 0.25) is 0 Å². The molecule has 0 radical (unpaired) electrons. The maximum Gasteiger partial charge on any atom is 1.00 e. The van der Waals surface area contributed by atoms with Gasteiger partial charge in [-0.3, -0.25) is 0 Å². The van der Waals surface area contributed by atoms with Gasteiger partial charge in [0, 0.05) is 5.97 Å². The molecule has 0 saturated carbocycles. The first-order chi connectivity index (χ1) is 3.46. The molecule has 0 spiro atoms. The summed E-state index contributed by atoms with van der Waals surface area (Å²) in [6.45, 7) is 0.972. The monoisotopic (exact) mass is 351 g/mol. The van der Waals surface area contributed by atoms with Crippen molar-refractivity contribution < 1.29 is 83.5 Å². The van der Waals surface area contributed by atoms with Crippen LogP contribution < -0.4 is 34.7 Å². The summed E-state index contributed by atoms with van der Waals surface area (Å²) in [5, 5.41) is 8.89. The van der Waals surface area contributed by atoms with Gasteiger partial charge in [0.1, 0.15) is 0 Å². The molecule has 0 aliphatic heterocycles. The van der Waals surface area contributed by atoms with Crippen LogP contribution in [0.5, 0.6) is 0 Å². The molecule has 0 heterocycles. The summed E-state index contributed by atoms with van der Waals surface area (Å²) in [5.41, 5.74) is 0. The molecule has 101 valence electrons. The number of hydrogen-bond acceptors (Lipinski definition) is 2. The number of rotatable bonds is 0. The molecule has 0 amide bonds. The van der Waals surface area contributed by atoms with E-state index in [4.69, 9.17) is 40.2 Å². The third-order valence-electron chi connectivity index (χ3n) is 0. The van der Waals surface area contributed by atoms with Crippen molar-refractivity contribution in [2.45, 2.75) is 6.92 Å². The number of aliphatic carboxylic acids is 1. The second kappa shape index (κ2) is 57.5. The molecular formula is C2H15Cl3FeNaO8. The number of hydrogen-bond donors (Lipinski definition) is 0. The van der Waals surface area contributed by atoms with E-state index in [2.05, 4.69) is 0 Å². The first-order valence-electron chi connectivity index (χ1n) is 1.31. The summed E-state index contributed by atoms with van der Waals surface area (Å²) in [5.74, 6) is -1.08. The van der Waals surface area contributed by atoms with Crippen molar-refractivity contribution >= 4 is 36.3 Å². The summed E-state index contributed by atoms with van der Waals surface area (Å²) in [7, 11) is 14.7. The van der Waals surface area contributed by atoms with E-state index in [-0.39, 0.29) is 62.4 Å². The molecule has 13 heteroatoms. The summed E-state index contributed by atoms with van der Waals surface area (Å²) < 4.78 is 0. The van der Waals surface area contributed by atoms with Gasteiger partial charge in [-0.05, 0) is 6.92 Å². The van der Waals surface area contributed by atoms with Crippen molar-refractivity contribution in [1.82, 2.24) is 0 Å². The van der Waals surface area contributed by atoms with Crippen molar-refractivity contribution in [2.24, 2.45) is 0 Å². The van der Waals surface area contributed by atoms with Crippen LogP contribution in [0, 0.1) is 0 Å². The molecule has 0 bridgehead atoms. The molecular weight excluding hydrogens is 337 g/mol.